The highest BCUT2D eigenvalue weighted by atomic mass is 35.5. The molecule has 0 bridgehead atoms. The Morgan fingerprint density at radius 1 is 0.964 bits per heavy atom. The van der Waals surface area contributed by atoms with Crippen molar-refractivity contribution in [3.63, 3.8) is 0 Å². The van der Waals surface area contributed by atoms with E-state index < -0.39 is 5.91 Å². The number of anilines is 1. The van der Waals surface area contributed by atoms with Gasteiger partial charge in [0.2, 0.25) is 5.91 Å². The molecule has 3 aromatic rings. The number of carbonyl (C=O) groups is 2. The van der Waals surface area contributed by atoms with Gasteiger partial charge in [-0.1, -0.05) is 41.9 Å². The fourth-order valence-corrected chi connectivity index (χ4v) is 3.25. The van der Waals surface area contributed by atoms with Crippen LogP contribution in [0, 0.1) is 0 Å². The quantitative estimate of drug-likeness (QED) is 0.729. The monoisotopic (exact) mass is 389 g/mol. The second kappa shape index (κ2) is 7.29. The van der Waals surface area contributed by atoms with Crippen LogP contribution in [0.1, 0.15) is 21.5 Å². The van der Waals surface area contributed by atoms with Crippen molar-refractivity contribution in [2.75, 3.05) is 4.90 Å². The van der Waals surface area contributed by atoms with Crippen molar-refractivity contribution in [1.82, 2.24) is 0 Å². The number of nitrogens with two attached hydrogens (primary N) is 1. The Balaban J connectivity index is 1.70. The van der Waals surface area contributed by atoms with Crippen LogP contribution in [0.4, 0.5) is 11.4 Å². The molecular weight excluding hydrogens is 374 g/mol. The van der Waals surface area contributed by atoms with Crippen LogP contribution in [-0.2, 0) is 11.3 Å². The first kappa shape index (κ1) is 17.9. The van der Waals surface area contributed by atoms with Crippen LogP contribution in [-0.4, -0.2) is 17.5 Å². The van der Waals surface area contributed by atoms with Gasteiger partial charge in [0.15, 0.2) is 0 Å². The van der Waals surface area contributed by atoms with Crippen LogP contribution in [0.25, 0.3) is 0 Å². The Hall–Kier alpha value is -3.44. The highest BCUT2D eigenvalue weighted by Crippen LogP contribution is 2.32. The van der Waals surface area contributed by atoms with Crippen LogP contribution >= 0.6 is 11.6 Å². The molecular formula is C22H16ClN3O2. The van der Waals surface area contributed by atoms with Gasteiger partial charge in [0, 0.05) is 16.1 Å². The van der Waals surface area contributed by atoms with Gasteiger partial charge >= 0.3 is 0 Å². The van der Waals surface area contributed by atoms with E-state index in [4.69, 9.17) is 17.3 Å². The van der Waals surface area contributed by atoms with Gasteiger partial charge in [-0.2, -0.15) is 0 Å². The minimum absolute atomic E-state index is 0.171. The molecule has 0 saturated carbocycles. The van der Waals surface area contributed by atoms with Gasteiger partial charge in [-0.05, 0) is 48.0 Å². The van der Waals surface area contributed by atoms with E-state index in [0.29, 0.717) is 28.5 Å². The van der Waals surface area contributed by atoms with E-state index in [-0.39, 0.29) is 5.91 Å². The predicted octanol–water partition coefficient (Wildman–Crippen LogP) is 4.11. The Labute approximate surface area is 167 Å². The van der Waals surface area contributed by atoms with E-state index in [9.17, 15) is 9.59 Å². The van der Waals surface area contributed by atoms with E-state index in [1.807, 2.05) is 36.4 Å². The van der Waals surface area contributed by atoms with E-state index in [0.717, 1.165) is 16.8 Å². The zero-order chi connectivity index (χ0) is 19.7. The third kappa shape index (κ3) is 3.40. The molecule has 2 N–H and O–H groups in total. The van der Waals surface area contributed by atoms with Crippen molar-refractivity contribution in [3.8, 4) is 0 Å². The summed E-state index contributed by atoms with van der Waals surface area (Å²) < 4.78 is 0. The van der Waals surface area contributed by atoms with Crippen LogP contribution < -0.4 is 10.6 Å². The van der Waals surface area contributed by atoms with Crippen molar-refractivity contribution < 1.29 is 9.59 Å². The number of para-hydroxylation sites is 1. The third-order valence-electron chi connectivity index (χ3n) is 4.54. The molecule has 0 fully saturated rings. The maximum Gasteiger partial charge on any atom is 0.277 e. The number of fused-ring (bicyclic) bond motifs is 1. The Morgan fingerprint density at radius 3 is 2.32 bits per heavy atom. The average Bonchev–Trinajstić information content (AvgIpc) is 2.96. The molecule has 0 spiro atoms. The first-order valence-corrected chi connectivity index (χ1v) is 9.05. The average molecular weight is 390 g/mol. The molecule has 0 atom stereocenters. The van der Waals surface area contributed by atoms with Gasteiger partial charge in [-0.3, -0.25) is 9.59 Å². The molecule has 1 aliphatic heterocycles. The standard InChI is InChI=1S/C22H16ClN3O2/c23-16-9-5-14(6-10-16)13-26-19-4-2-1-3-18(19)20(22(26)28)25-17-11-7-15(8-12-17)21(24)27/h1-12H,13H2,(H2,24,27). The molecule has 0 aromatic heterocycles. The van der Waals surface area contributed by atoms with Gasteiger partial charge in [-0.25, -0.2) is 4.99 Å². The topological polar surface area (TPSA) is 75.8 Å². The number of amides is 2. The van der Waals surface area contributed by atoms with E-state index in [2.05, 4.69) is 4.99 Å². The van der Waals surface area contributed by atoms with Gasteiger partial charge in [0.05, 0.1) is 17.9 Å². The lowest BCUT2D eigenvalue weighted by Crippen LogP contribution is -2.29. The molecule has 0 saturated heterocycles. The number of hydrogen-bond donors (Lipinski definition) is 1. The lowest BCUT2D eigenvalue weighted by Gasteiger charge is -2.16. The van der Waals surface area contributed by atoms with Crippen LogP contribution in [0.2, 0.25) is 5.02 Å². The summed E-state index contributed by atoms with van der Waals surface area (Å²) in [5.41, 5.74) is 9.18. The maximum atomic E-state index is 13.1. The van der Waals surface area contributed by atoms with Crippen LogP contribution in [0.15, 0.2) is 77.8 Å². The van der Waals surface area contributed by atoms with E-state index in [1.54, 1.807) is 41.3 Å². The van der Waals surface area contributed by atoms with Crippen molar-refractivity contribution in [2.24, 2.45) is 10.7 Å². The second-order valence-corrected chi connectivity index (χ2v) is 6.84. The maximum absolute atomic E-state index is 13.1. The summed E-state index contributed by atoms with van der Waals surface area (Å²) in [6.07, 6.45) is 0. The van der Waals surface area contributed by atoms with Crippen LogP contribution in [0.3, 0.4) is 0 Å². The van der Waals surface area contributed by atoms with Crippen molar-refractivity contribution >= 4 is 40.5 Å². The molecule has 3 aromatic carbocycles. The first-order chi connectivity index (χ1) is 13.5. The van der Waals surface area contributed by atoms with Gasteiger partial charge in [0.1, 0.15) is 5.71 Å². The fourth-order valence-electron chi connectivity index (χ4n) is 3.13. The number of hydrogen-bond acceptors (Lipinski definition) is 3. The molecule has 6 heteroatoms. The largest absolute Gasteiger partial charge is 0.366 e. The molecule has 28 heavy (non-hydrogen) atoms. The number of aliphatic imine (C=N–C) groups is 1. The van der Waals surface area contributed by atoms with Gasteiger partial charge in [-0.15, -0.1) is 0 Å². The molecule has 1 aliphatic rings. The summed E-state index contributed by atoms with van der Waals surface area (Å²) in [5.74, 6) is -0.675. The summed E-state index contributed by atoms with van der Waals surface area (Å²) in [6.45, 7) is 0.423. The smallest absolute Gasteiger partial charge is 0.277 e. The third-order valence-corrected chi connectivity index (χ3v) is 4.80. The molecule has 2 amide bonds. The summed E-state index contributed by atoms with van der Waals surface area (Å²) in [7, 11) is 0. The minimum atomic E-state index is -0.504. The summed E-state index contributed by atoms with van der Waals surface area (Å²) in [6, 6.07) is 21.5. The highest BCUT2D eigenvalue weighted by Gasteiger charge is 2.33. The summed E-state index contributed by atoms with van der Waals surface area (Å²) in [4.78, 5) is 30.6. The number of nitrogens with zero attached hydrogens (tertiary/aromatic N) is 2. The zero-order valence-corrected chi connectivity index (χ0v) is 15.6. The number of primary amides is 1. The van der Waals surface area contributed by atoms with Gasteiger partial charge < -0.3 is 10.6 Å². The molecule has 4 rings (SSSR count). The van der Waals surface area contributed by atoms with Crippen molar-refractivity contribution in [3.05, 3.63) is 94.5 Å². The Bertz CT molecular complexity index is 1090. The first-order valence-electron chi connectivity index (χ1n) is 8.67. The zero-order valence-electron chi connectivity index (χ0n) is 14.8. The van der Waals surface area contributed by atoms with E-state index >= 15 is 0 Å². The lowest BCUT2D eigenvalue weighted by atomic mass is 10.1. The molecule has 1 heterocycles. The second-order valence-electron chi connectivity index (χ2n) is 6.41. The van der Waals surface area contributed by atoms with Crippen molar-refractivity contribution in [2.45, 2.75) is 6.54 Å². The number of halogens is 1. The fraction of sp³-hybridized carbons (Fsp3) is 0.0455. The molecule has 0 unspecified atom stereocenters. The summed E-state index contributed by atoms with van der Waals surface area (Å²) >= 11 is 5.95. The normalized spacial score (nSPS) is 14.4. The predicted molar refractivity (Wildman–Crippen MR) is 110 cm³/mol. The molecule has 138 valence electrons. The lowest BCUT2D eigenvalue weighted by molar-refractivity contribution is -0.112. The van der Waals surface area contributed by atoms with E-state index in [1.165, 1.54) is 0 Å². The molecule has 0 aliphatic carbocycles. The van der Waals surface area contributed by atoms with Gasteiger partial charge in [0.25, 0.3) is 5.91 Å². The number of rotatable bonds is 4. The Kier molecular flexibility index (Phi) is 4.67. The van der Waals surface area contributed by atoms with Crippen molar-refractivity contribution in [1.29, 1.82) is 0 Å². The molecule has 5 nitrogen and oxygen atoms in total. The van der Waals surface area contributed by atoms with Crippen LogP contribution in [0.5, 0.6) is 0 Å². The Morgan fingerprint density at radius 2 is 1.64 bits per heavy atom. The highest BCUT2D eigenvalue weighted by molar-refractivity contribution is 6.54. The minimum Gasteiger partial charge on any atom is -0.366 e. The SMILES string of the molecule is NC(=O)c1ccc(N=C2C(=O)N(Cc3ccc(Cl)cc3)c3ccccc32)cc1. The molecule has 0 radical (unpaired) electrons. The summed E-state index contributed by atoms with van der Waals surface area (Å²) in [5, 5.41) is 0.651. The number of benzene rings is 3. The number of carbonyl (C=O) groups excluding carboxylic acids is 2.